The third kappa shape index (κ3) is 3.75. The van der Waals surface area contributed by atoms with Crippen LogP contribution >= 0.6 is 11.6 Å². The minimum absolute atomic E-state index is 0.0108. The van der Waals surface area contributed by atoms with E-state index in [-0.39, 0.29) is 11.5 Å². The van der Waals surface area contributed by atoms with Crippen molar-refractivity contribution in [3.8, 4) is 0 Å². The molecule has 156 valence electrons. The molecule has 8 heteroatoms. The number of hydrogen-bond acceptors (Lipinski definition) is 4. The van der Waals surface area contributed by atoms with Crippen molar-refractivity contribution in [1.82, 2.24) is 24.6 Å². The number of piperazine rings is 1. The molecule has 5 rings (SSSR count). The number of hydrogen-bond donors (Lipinski definition) is 1. The number of aromatic amines is 1. The first-order valence-electron chi connectivity index (χ1n) is 10.5. The maximum Gasteiger partial charge on any atom is 0.270 e. The Balaban J connectivity index is 1.18. The number of H-pyrrole nitrogens is 1. The minimum atomic E-state index is -0.0108. The van der Waals surface area contributed by atoms with E-state index in [0.717, 1.165) is 61.1 Å². The van der Waals surface area contributed by atoms with Crippen LogP contribution in [0, 0.1) is 0 Å². The van der Waals surface area contributed by atoms with E-state index >= 15 is 0 Å². The molecule has 1 aliphatic carbocycles. The third-order valence-electron chi connectivity index (χ3n) is 6.12. The highest BCUT2D eigenvalue weighted by Crippen LogP contribution is 2.21. The number of rotatable bonds is 4. The Morgan fingerprint density at radius 3 is 2.73 bits per heavy atom. The van der Waals surface area contributed by atoms with Crippen molar-refractivity contribution in [3.63, 3.8) is 0 Å². The van der Waals surface area contributed by atoms with Crippen LogP contribution in [0.4, 0.5) is 0 Å². The Hall–Kier alpha value is -2.64. The van der Waals surface area contributed by atoms with Crippen LogP contribution in [0.3, 0.4) is 0 Å². The molecule has 0 saturated carbocycles. The number of nitrogens with zero attached hydrogens (tertiary/aromatic N) is 4. The van der Waals surface area contributed by atoms with Crippen LogP contribution in [0.15, 0.2) is 35.1 Å². The van der Waals surface area contributed by atoms with Crippen LogP contribution in [0.25, 0.3) is 10.9 Å². The molecule has 3 aromatic rings. The molecule has 0 atom stereocenters. The van der Waals surface area contributed by atoms with Gasteiger partial charge in [0.1, 0.15) is 5.69 Å². The van der Waals surface area contributed by atoms with Crippen molar-refractivity contribution in [3.05, 3.63) is 62.7 Å². The summed E-state index contributed by atoms with van der Waals surface area (Å²) >= 11 is 6.04. The lowest BCUT2D eigenvalue weighted by Gasteiger charge is -2.34. The minimum Gasteiger partial charge on any atom is -0.351 e. The number of fused-ring (bicyclic) bond motifs is 2. The van der Waals surface area contributed by atoms with E-state index in [4.69, 9.17) is 11.6 Å². The van der Waals surface area contributed by atoms with Crippen molar-refractivity contribution in [2.24, 2.45) is 0 Å². The van der Waals surface area contributed by atoms with E-state index in [1.165, 1.54) is 0 Å². The van der Waals surface area contributed by atoms with Gasteiger partial charge < -0.3 is 9.88 Å². The topological polar surface area (TPSA) is 74.2 Å². The van der Waals surface area contributed by atoms with Gasteiger partial charge in [-0.2, -0.15) is 5.10 Å². The number of aryl methyl sites for hydroxylation is 2. The number of nitrogens with one attached hydrogen (secondary N) is 1. The Morgan fingerprint density at radius 2 is 1.90 bits per heavy atom. The van der Waals surface area contributed by atoms with E-state index in [1.807, 2.05) is 29.2 Å². The van der Waals surface area contributed by atoms with Crippen molar-refractivity contribution in [1.29, 1.82) is 0 Å². The molecule has 3 heterocycles. The predicted molar refractivity (Wildman–Crippen MR) is 116 cm³/mol. The molecular weight excluding hydrogens is 402 g/mol. The van der Waals surface area contributed by atoms with Crippen LogP contribution in [-0.4, -0.2) is 63.2 Å². The summed E-state index contributed by atoms with van der Waals surface area (Å²) in [5.41, 5.74) is 3.68. The molecule has 2 aromatic heterocycles. The maximum atomic E-state index is 12.9. The van der Waals surface area contributed by atoms with Crippen LogP contribution in [-0.2, 0) is 19.4 Å². The molecule has 1 amide bonds. The van der Waals surface area contributed by atoms with Gasteiger partial charge in [0.05, 0.1) is 12.2 Å². The molecule has 0 spiro atoms. The number of carbonyl (C=O) groups excluding carboxylic acids is 1. The van der Waals surface area contributed by atoms with Gasteiger partial charge in [-0.25, -0.2) is 4.68 Å². The fraction of sp³-hybridized carbons (Fsp3) is 0.409. The molecule has 30 heavy (non-hydrogen) atoms. The zero-order valence-corrected chi connectivity index (χ0v) is 17.5. The van der Waals surface area contributed by atoms with E-state index < -0.39 is 0 Å². The van der Waals surface area contributed by atoms with Crippen molar-refractivity contribution in [2.75, 3.05) is 32.7 Å². The Bertz CT molecular complexity index is 1160. The lowest BCUT2D eigenvalue weighted by atomic mass is 10.2. The Labute approximate surface area is 179 Å². The smallest absolute Gasteiger partial charge is 0.270 e. The first kappa shape index (κ1) is 19.3. The maximum absolute atomic E-state index is 12.9. The average molecular weight is 426 g/mol. The fourth-order valence-corrected chi connectivity index (χ4v) is 4.58. The van der Waals surface area contributed by atoms with Crippen molar-refractivity contribution < 1.29 is 4.79 Å². The predicted octanol–water partition coefficient (Wildman–Crippen LogP) is 2.32. The monoisotopic (exact) mass is 425 g/mol. The van der Waals surface area contributed by atoms with Gasteiger partial charge in [0, 0.05) is 54.7 Å². The molecule has 0 bridgehead atoms. The summed E-state index contributed by atoms with van der Waals surface area (Å²) in [5.74, 6) is 0.0125. The number of carbonyl (C=O) groups is 1. The molecule has 1 fully saturated rings. The summed E-state index contributed by atoms with van der Waals surface area (Å²) in [6.45, 7) is 4.26. The largest absolute Gasteiger partial charge is 0.351 e. The van der Waals surface area contributed by atoms with Crippen LogP contribution in [0.5, 0.6) is 0 Å². The molecule has 1 aliphatic heterocycles. The number of amides is 1. The lowest BCUT2D eigenvalue weighted by molar-refractivity contribution is 0.0626. The van der Waals surface area contributed by atoms with Crippen LogP contribution < -0.4 is 5.56 Å². The second-order valence-electron chi connectivity index (χ2n) is 8.08. The van der Waals surface area contributed by atoms with Gasteiger partial charge in [-0.15, -0.1) is 0 Å². The fourth-order valence-electron chi connectivity index (χ4n) is 4.40. The number of aromatic nitrogens is 3. The second-order valence-corrected chi connectivity index (χ2v) is 8.52. The first-order valence-corrected chi connectivity index (χ1v) is 10.8. The zero-order valence-electron chi connectivity index (χ0n) is 16.7. The van der Waals surface area contributed by atoms with E-state index in [9.17, 15) is 9.59 Å². The summed E-state index contributed by atoms with van der Waals surface area (Å²) in [6.07, 6.45) is 3.03. The highest BCUT2D eigenvalue weighted by atomic mass is 35.5. The number of benzene rings is 1. The standard InChI is InChI=1S/C22H24ClN5O2/c23-17-4-5-18-16(12-17)13-20(24-18)22(30)27-9-6-26(7-10-27)8-11-28-21(29)14-15-2-1-3-19(15)25-28/h4-5,12-14,24H,1-3,6-11H2. The van der Waals surface area contributed by atoms with Crippen molar-refractivity contribution in [2.45, 2.75) is 25.8 Å². The molecule has 1 N–H and O–H groups in total. The van der Waals surface area contributed by atoms with Gasteiger partial charge >= 0.3 is 0 Å². The summed E-state index contributed by atoms with van der Waals surface area (Å²) in [6, 6.07) is 9.17. The highest BCUT2D eigenvalue weighted by Gasteiger charge is 2.23. The number of halogens is 1. The van der Waals surface area contributed by atoms with Crippen molar-refractivity contribution >= 4 is 28.4 Å². The van der Waals surface area contributed by atoms with Crippen LogP contribution in [0.2, 0.25) is 5.02 Å². The zero-order chi connectivity index (χ0) is 20.7. The summed E-state index contributed by atoms with van der Waals surface area (Å²) in [7, 11) is 0. The van der Waals surface area contributed by atoms with Gasteiger partial charge in [0.2, 0.25) is 0 Å². The summed E-state index contributed by atoms with van der Waals surface area (Å²) in [5, 5.41) is 6.15. The molecule has 1 saturated heterocycles. The molecule has 1 aromatic carbocycles. The molecule has 0 radical (unpaired) electrons. The third-order valence-corrected chi connectivity index (χ3v) is 6.36. The van der Waals surface area contributed by atoms with Crippen LogP contribution in [0.1, 0.15) is 28.2 Å². The van der Waals surface area contributed by atoms with Gasteiger partial charge in [-0.1, -0.05) is 11.6 Å². The quantitative estimate of drug-likeness (QED) is 0.696. The highest BCUT2D eigenvalue weighted by molar-refractivity contribution is 6.31. The first-order chi connectivity index (χ1) is 14.6. The normalized spacial score (nSPS) is 16.9. The van der Waals surface area contributed by atoms with Gasteiger partial charge in [0.25, 0.3) is 11.5 Å². The molecule has 0 unspecified atom stereocenters. The van der Waals surface area contributed by atoms with Gasteiger partial charge in [-0.3, -0.25) is 14.5 Å². The lowest BCUT2D eigenvalue weighted by Crippen LogP contribution is -2.49. The Kier molecular flexibility index (Phi) is 5.08. The average Bonchev–Trinajstić information content (AvgIpc) is 3.37. The van der Waals surface area contributed by atoms with E-state index in [2.05, 4.69) is 15.0 Å². The van der Waals surface area contributed by atoms with E-state index in [1.54, 1.807) is 10.7 Å². The van der Waals surface area contributed by atoms with Gasteiger partial charge in [-0.05, 0) is 49.1 Å². The molecule has 2 aliphatic rings. The molecular formula is C22H24ClN5O2. The second kappa shape index (κ2) is 7.89. The SMILES string of the molecule is O=C(c1cc2cc(Cl)ccc2[nH]1)N1CCN(CCn2nc3c(cc2=O)CCC3)CC1. The van der Waals surface area contributed by atoms with Gasteiger partial charge in [0.15, 0.2) is 0 Å². The summed E-state index contributed by atoms with van der Waals surface area (Å²) < 4.78 is 1.59. The van der Waals surface area contributed by atoms with E-state index in [0.29, 0.717) is 30.4 Å². The molecule has 7 nitrogen and oxygen atoms in total. The Morgan fingerprint density at radius 1 is 1.07 bits per heavy atom. The summed E-state index contributed by atoms with van der Waals surface area (Å²) in [4.78, 5) is 32.5.